The van der Waals surface area contributed by atoms with E-state index in [2.05, 4.69) is 34.6 Å². The summed E-state index contributed by atoms with van der Waals surface area (Å²) in [6.45, 7) is 6.77. The van der Waals surface area contributed by atoms with Crippen molar-refractivity contribution in [3.05, 3.63) is 41.0 Å². The maximum absolute atomic E-state index is 12.1. The van der Waals surface area contributed by atoms with Gasteiger partial charge in [-0.1, -0.05) is 6.92 Å². The maximum atomic E-state index is 12.1. The molecule has 24 heavy (non-hydrogen) atoms. The van der Waals surface area contributed by atoms with Gasteiger partial charge < -0.3 is 10.6 Å². The van der Waals surface area contributed by atoms with E-state index >= 15 is 0 Å². The number of rotatable bonds is 5. The number of urea groups is 1. The third-order valence-electron chi connectivity index (χ3n) is 3.75. The number of thiazole rings is 1. The average molecular weight is 343 g/mol. The minimum absolute atomic E-state index is 0.197. The number of nitrogens with zero attached hydrogens (tertiary/aromatic N) is 3. The molecule has 2 N–H and O–H groups in total. The van der Waals surface area contributed by atoms with Gasteiger partial charge in [0.25, 0.3) is 0 Å². The molecule has 0 bridgehead atoms. The lowest BCUT2D eigenvalue weighted by molar-refractivity contribution is 0.251. The highest BCUT2D eigenvalue weighted by atomic mass is 32.1. The van der Waals surface area contributed by atoms with Crippen molar-refractivity contribution in [2.45, 2.75) is 32.7 Å². The van der Waals surface area contributed by atoms with Gasteiger partial charge in [-0.15, -0.1) is 11.3 Å². The molecule has 2 aromatic heterocycles. The van der Waals surface area contributed by atoms with Crippen molar-refractivity contribution >= 4 is 34.0 Å². The zero-order valence-electron chi connectivity index (χ0n) is 14.0. The van der Waals surface area contributed by atoms with Crippen LogP contribution in [0.3, 0.4) is 0 Å². The van der Waals surface area contributed by atoms with E-state index in [4.69, 9.17) is 0 Å². The van der Waals surface area contributed by atoms with E-state index < -0.39 is 0 Å². The van der Waals surface area contributed by atoms with Gasteiger partial charge in [-0.2, -0.15) is 5.10 Å². The molecule has 3 aromatic rings. The highest BCUT2D eigenvalue weighted by molar-refractivity contribution is 7.09. The van der Waals surface area contributed by atoms with E-state index in [9.17, 15) is 4.79 Å². The quantitative estimate of drug-likeness (QED) is 0.735. The summed E-state index contributed by atoms with van der Waals surface area (Å²) >= 11 is 1.60. The van der Waals surface area contributed by atoms with Crippen LogP contribution in [0.15, 0.2) is 36.0 Å². The van der Waals surface area contributed by atoms with Crippen LogP contribution in [-0.4, -0.2) is 27.3 Å². The van der Waals surface area contributed by atoms with Gasteiger partial charge in [-0.05, 0) is 32.0 Å². The number of aromatic nitrogens is 3. The summed E-state index contributed by atoms with van der Waals surface area (Å²) in [5.41, 5.74) is 1.68. The topological polar surface area (TPSA) is 71.8 Å². The Kier molecular flexibility index (Phi) is 4.80. The van der Waals surface area contributed by atoms with Gasteiger partial charge in [0.15, 0.2) is 0 Å². The molecule has 2 amide bonds. The Bertz CT molecular complexity index is 825. The Morgan fingerprint density at radius 2 is 2.17 bits per heavy atom. The van der Waals surface area contributed by atoms with E-state index in [1.54, 1.807) is 17.5 Å². The van der Waals surface area contributed by atoms with E-state index in [-0.39, 0.29) is 11.9 Å². The first-order valence-electron chi connectivity index (χ1n) is 7.96. The number of nitrogens with one attached hydrogen (secondary N) is 2. The molecule has 1 atom stereocenters. The molecule has 6 nitrogen and oxygen atoms in total. The van der Waals surface area contributed by atoms with Crippen LogP contribution in [-0.2, 0) is 0 Å². The second-order valence-electron chi connectivity index (χ2n) is 6.08. The molecule has 2 heterocycles. The molecular weight excluding hydrogens is 322 g/mol. The smallest absolute Gasteiger partial charge is 0.319 e. The van der Waals surface area contributed by atoms with Gasteiger partial charge >= 0.3 is 6.03 Å². The zero-order valence-corrected chi connectivity index (χ0v) is 14.8. The molecule has 0 aliphatic rings. The Balaban J connectivity index is 1.60. The number of fused-ring (bicyclic) bond motifs is 1. The van der Waals surface area contributed by atoms with Crippen LogP contribution in [0.1, 0.15) is 37.7 Å². The predicted octanol–water partition coefficient (Wildman–Crippen LogP) is 4.00. The fraction of sp³-hybridized carbons (Fsp3) is 0.353. The molecule has 0 fully saturated rings. The van der Waals surface area contributed by atoms with Crippen LogP contribution in [0.5, 0.6) is 0 Å². The van der Waals surface area contributed by atoms with Crippen molar-refractivity contribution in [2.24, 2.45) is 0 Å². The largest absolute Gasteiger partial charge is 0.337 e. The highest BCUT2D eigenvalue weighted by Gasteiger charge is 2.11. The van der Waals surface area contributed by atoms with Gasteiger partial charge in [0.05, 0.1) is 10.5 Å². The Hall–Kier alpha value is -2.41. The van der Waals surface area contributed by atoms with Crippen molar-refractivity contribution in [3.8, 4) is 0 Å². The van der Waals surface area contributed by atoms with Crippen molar-refractivity contribution in [3.63, 3.8) is 0 Å². The normalized spacial score (nSPS) is 12.5. The predicted molar refractivity (Wildman–Crippen MR) is 97.7 cm³/mol. The first kappa shape index (κ1) is 16.4. The molecule has 126 valence electrons. The first-order valence-corrected chi connectivity index (χ1v) is 8.84. The van der Waals surface area contributed by atoms with Gasteiger partial charge in [-0.3, -0.25) is 4.68 Å². The molecule has 1 unspecified atom stereocenters. The van der Waals surface area contributed by atoms with Crippen molar-refractivity contribution in [2.75, 3.05) is 11.9 Å². The van der Waals surface area contributed by atoms with Gasteiger partial charge in [0.1, 0.15) is 0 Å². The molecule has 7 heteroatoms. The summed E-state index contributed by atoms with van der Waals surface area (Å²) in [6.07, 6.45) is 3.77. The minimum Gasteiger partial charge on any atom is -0.337 e. The summed E-state index contributed by atoms with van der Waals surface area (Å²) in [4.78, 5) is 16.3. The first-order chi connectivity index (χ1) is 11.5. The second-order valence-corrected chi connectivity index (χ2v) is 7.01. The molecule has 1 aromatic carbocycles. The molecule has 0 saturated carbocycles. The minimum atomic E-state index is -0.214. The van der Waals surface area contributed by atoms with Gasteiger partial charge in [-0.25, -0.2) is 9.78 Å². The zero-order chi connectivity index (χ0) is 17.1. The summed E-state index contributed by atoms with van der Waals surface area (Å²) in [5, 5.41) is 14.2. The lowest BCUT2D eigenvalue weighted by Gasteiger charge is -2.11. The van der Waals surface area contributed by atoms with Gasteiger partial charge in [0, 0.05) is 47.4 Å². The van der Waals surface area contributed by atoms with E-state index in [1.807, 2.05) is 41.4 Å². The van der Waals surface area contributed by atoms with Crippen molar-refractivity contribution in [1.82, 2.24) is 20.1 Å². The molecule has 0 spiro atoms. The fourth-order valence-corrected chi connectivity index (χ4v) is 3.07. The summed E-state index contributed by atoms with van der Waals surface area (Å²) < 4.78 is 1.92. The lowest BCUT2D eigenvalue weighted by Crippen LogP contribution is -2.31. The third-order valence-corrected chi connectivity index (χ3v) is 4.76. The van der Waals surface area contributed by atoms with E-state index in [0.717, 1.165) is 21.6 Å². The van der Waals surface area contributed by atoms with Crippen LogP contribution in [0.25, 0.3) is 10.9 Å². The maximum Gasteiger partial charge on any atom is 0.319 e. The van der Waals surface area contributed by atoms with Crippen LogP contribution in [0.4, 0.5) is 10.5 Å². The van der Waals surface area contributed by atoms with E-state index in [1.165, 1.54) is 0 Å². The molecule has 0 aliphatic heterocycles. The summed E-state index contributed by atoms with van der Waals surface area (Å²) in [7, 11) is 0. The molecule has 3 rings (SSSR count). The monoisotopic (exact) mass is 343 g/mol. The summed E-state index contributed by atoms with van der Waals surface area (Å²) in [6, 6.07) is 5.81. The number of anilines is 1. The number of carbonyl (C=O) groups is 1. The van der Waals surface area contributed by atoms with Crippen LogP contribution in [0.2, 0.25) is 0 Å². The Labute approximate surface area is 144 Å². The summed E-state index contributed by atoms with van der Waals surface area (Å²) in [5.74, 6) is 0.197. The average Bonchev–Trinajstić information content (AvgIpc) is 3.21. The van der Waals surface area contributed by atoms with Crippen LogP contribution >= 0.6 is 11.3 Å². The Morgan fingerprint density at radius 3 is 2.88 bits per heavy atom. The molecule has 0 saturated heterocycles. The number of carbonyl (C=O) groups excluding carboxylic acids is 1. The molecular formula is C17H21N5OS. The van der Waals surface area contributed by atoms with E-state index in [0.29, 0.717) is 12.6 Å². The van der Waals surface area contributed by atoms with Crippen molar-refractivity contribution in [1.29, 1.82) is 0 Å². The van der Waals surface area contributed by atoms with Crippen LogP contribution in [0, 0.1) is 0 Å². The molecule has 0 radical (unpaired) electrons. The SMILES string of the molecule is CC(CNC(=O)Nc1ccc2nn(C(C)C)cc2c1)c1nccs1. The number of benzene rings is 1. The van der Waals surface area contributed by atoms with Crippen LogP contribution < -0.4 is 10.6 Å². The Morgan fingerprint density at radius 1 is 1.33 bits per heavy atom. The molecule has 0 aliphatic carbocycles. The number of hydrogen-bond acceptors (Lipinski definition) is 4. The number of amides is 2. The fourth-order valence-electron chi connectivity index (χ4n) is 2.37. The third kappa shape index (κ3) is 3.73. The second kappa shape index (κ2) is 7.00. The standard InChI is InChI=1S/C17H21N5OS/c1-11(2)22-10-13-8-14(4-5-15(13)21-22)20-17(23)19-9-12(3)16-18-6-7-24-16/h4-8,10-12H,9H2,1-3H3,(H2,19,20,23). The highest BCUT2D eigenvalue weighted by Crippen LogP contribution is 2.20. The van der Waals surface area contributed by atoms with Gasteiger partial charge in [0.2, 0.25) is 0 Å². The number of hydrogen-bond donors (Lipinski definition) is 2. The van der Waals surface area contributed by atoms with Crippen molar-refractivity contribution < 1.29 is 4.79 Å². The lowest BCUT2D eigenvalue weighted by atomic mass is 10.2.